The number of rotatable bonds is 5. The SMILES string of the molecule is CSc1ccc(CC(C(C)C)N2CCNCC2)cc1. The van der Waals surface area contributed by atoms with Gasteiger partial charge in [-0.2, -0.15) is 0 Å². The van der Waals surface area contributed by atoms with Crippen LogP contribution in [0.5, 0.6) is 0 Å². The van der Waals surface area contributed by atoms with Crippen LogP contribution in [0.1, 0.15) is 19.4 Å². The minimum Gasteiger partial charge on any atom is -0.314 e. The molecule has 1 heterocycles. The fraction of sp³-hybridized carbons (Fsp3) is 0.625. The lowest BCUT2D eigenvalue weighted by Crippen LogP contribution is -2.50. The molecule has 1 aliphatic heterocycles. The molecule has 19 heavy (non-hydrogen) atoms. The summed E-state index contributed by atoms with van der Waals surface area (Å²) in [5, 5.41) is 3.44. The van der Waals surface area contributed by atoms with Crippen molar-refractivity contribution in [3.8, 4) is 0 Å². The Kier molecular flexibility index (Phi) is 5.74. The third kappa shape index (κ3) is 4.23. The van der Waals surface area contributed by atoms with Gasteiger partial charge in [0.2, 0.25) is 0 Å². The average molecular weight is 278 g/mol. The normalized spacial score (nSPS) is 18.7. The van der Waals surface area contributed by atoms with Crippen LogP contribution in [0.25, 0.3) is 0 Å². The number of thioether (sulfide) groups is 1. The van der Waals surface area contributed by atoms with E-state index in [4.69, 9.17) is 0 Å². The van der Waals surface area contributed by atoms with Crippen molar-refractivity contribution in [1.29, 1.82) is 0 Å². The van der Waals surface area contributed by atoms with Crippen molar-refractivity contribution in [3.63, 3.8) is 0 Å². The Hall–Kier alpha value is -0.510. The van der Waals surface area contributed by atoms with Gasteiger partial charge in [-0.05, 0) is 36.3 Å². The maximum atomic E-state index is 3.44. The van der Waals surface area contributed by atoms with Crippen molar-refractivity contribution in [1.82, 2.24) is 10.2 Å². The summed E-state index contributed by atoms with van der Waals surface area (Å²) in [6, 6.07) is 9.75. The second-order valence-corrected chi connectivity index (χ2v) is 6.53. The summed E-state index contributed by atoms with van der Waals surface area (Å²) >= 11 is 1.81. The van der Waals surface area contributed by atoms with E-state index in [0.29, 0.717) is 12.0 Å². The Morgan fingerprint density at radius 1 is 1.16 bits per heavy atom. The molecule has 1 atom stereocenters. The molecule has 1 N–H and O–H groups in total. The van der Waals surface area contributed by atoms with E-state index in [1.165, 1.54) is 30.0 Å². The van der Waals surface area contributed by atoms with Gasteiger partial charge in [0.25, 0.3) is 0 Å². The highest BCUT2D eigenvalue weighted by Gasteiger charge is 2.23. The predicted octanol–water partition coefficient (Wildman–Crippen LogP) is 2.88. The van der Waals surface area contributed by atoms with Gasteiger partial charge in [-0.3, -0.25) is 4.90 Å². The molecule has 0 aromatic heterocycles. The molecule has 0 spiro atoms. The third-order valence-electron chi connectivity index (χ3n) is 3.99. The first-order valence-electron chi connectivity index (χ1n) is 7.28. The van der Waals surface area contributed by atoms with Gasteiger partial charge in [0.05, 0.1) is 0 Å². The van der Waals surface area contributed by atoms with E-state index >= 15 is 0 Å². The molecule has 1 aromatic rings. The zero-order chi connectivity index (χ0) is 13.7. The maximum Gasteiger partial charge on any atom is 0.0160 e. The van der Waals surface area contributed by atoms with Gasteiger partial charge >= 0.3 is 0 Å². The van der Waals surface area contributed by atoms with E-state index in [9.17, 15) is 0 Å². The van der Waals surface area contributed by atoms with Crippen LogP contribution in [0.3, 0.4) is 0 Å². The zero-order valence-electron chi connectivity index (χ0n) is 12.4. The van der Waals surface area contributed by atoms with Crippen LogP contribution in [0.4, 0.5) is 0 Å². The highest BCUT2D eigenvalue weighted by molar-refractivity contribution is 7.98. The summed E-state index contributed by atoms with van der Waals surface area (Å²) in [5.41, 5.74) is 1.47. The second-order valence-electron chi connectivity index (χ2n) is 5.65. The summed E-state index contributed by atoms with van der Waals surface area (Å²) in [6.45, 7) is 9.34. The second kappa shape index (κ2) is 7.32. The molecule has 106 valence electrons. The molecule has 0 amide bonds. The van der Waals surface area contributed by atoms with Gasteiger partial charge in [0.1, 0.15) is 0 Å². The highest BCUT2D eigenvalue weighted by Crippen LogP contribution is 2.20. The smallest absolute Gasteiger partial charge is 0.0160 e. The van der Waals surface area contributed by atoms with Crippen LogP contribution in [-0.2, 0) is 6.42 Å². The average Bonchev–Trinajstić information content (AvgIpc) is 2.46. The van der Waals surface area contributed by atoms with E-state index in [1.807, 2.05) is 11.8 Å². The lowest BCUT2D eigenvalue weighted by atomic mass is 9.94. The molecular formula is C16H26N2S. The number of nitrogens with zero attached hydrogens (tertiary/aromatic N) is 1. The fourth-order valence-corrected chi connectivity index (χ4v) is 3.21. The maximum absolute atomic E-state index is 3.44. The molecule has 0 saturated carbocycles. The number of benzene rings is 1. The van der Waals surface area contributed by atoms with Crippen molar-refractivity contribution in [2.45, 2.75) is 31.2 Å². The fourth-order valence-electron chi connectivity index (χ4n) is 2.80. The molecule has 1 saturated heterocycles. The van der Waals surface area contributed by atoms with Gasteiger partial charge in [-0.1, -0.05) is 26.0 Å². The molecule has 1 aromatic carbocycles. The number of nitrogens with one attached hydrogen (secondary N) is 1. The molecule has 0 radical (unpaired) electrons. The van der Waals surface area contributed by atoms with E-state index in [0.717, 1.165) is 13.1 Å². The van der Waals surface area contributed by atoms with E-state index in [2.05, 4.69) is 54.6 Å². The molecule has 3 heteroatoms. The van der Waals surface area contributed by atoms with Gasteiger partial charge in [-0.15, -0.1) is 11.8 Å². The first kappa shape index (κ1) is 14.9. The molecular weight excluding hydrogens is 252 g/mol. The summed E-state index contributed by atoms with van der Waals surface area (Å²) in [7, 11) is 0. The van der Waals surface area contributed by atoms with Crippen LogP contribution >= 0.6 is 11.8 Å². The minimum atomic E-state index is 0.669. The lowest BCUT2D eigenvalue weighted by molar-refractivity contribution is 0.136. The van der Waals surface area contributed by atoms with Crippen LogP contribution in [0.2, 0.25) is 0 Å². The number of hydrogen-bond donors (Lipinski definition) is 1. The zero-order valence-corrected chi connectivity index (χ0v) is 13.2. The van der Waals surface area contributed by atoms with Crippen molar-refractivity contribution < 1.29 is 0 Å². The number of hydrogen-bond acceptors (Lipinski definition) is 3. The van der Waals surface area contributed by atoms with E-state index < -0.39 is 0 Å². The highest BCUT2D eigenvalue weighted by atomic mass is 32.2. The summed E-state index contributed by atoms with van der Waals surface area (Å²) < 4.78 is 0. The van der Waals surface area contributed by atoms with E-state index in [-0.39, 0.29) is 0 Å². The van der Waals surface area contributed by atoms with Crippen LogP contribution < -0.4 is 5.32 Å². The first-order chi connectivity index (χ1) is 9.20. The van der Waals surface area contributed by atoms with Gasteiger partial charge in [-0.25, -0.2) is 0 Å². The molecule has 0 aliphatic carbocycles. The Bertz CT molecular complexity index is 369. The quantitative estimate of drug-likeness (QED) is 0.834. The topological polar surface area (TPSA) is 15.3 Å². The standard InChI is InChI=1S/C16H26N2S/c1-13(2)16(18-10-8-17-9-11-18)12-14-4-6-15(19-3)7-5-14/h4-7,13,16-17H,8-12H2,1-3H3. The monoisotopic (exact) mass is 278 g/mol. The van der Waals surface area contributed by atoms with Crippen LogP contribution in [-0.4, -0.2) is 43.4 Å². The molecule has 0 bridgehead atoms. The Morgan fingerprint density at radius 2 is 1.79 bits per heavy atom. The van der Waals surface area contributed by atoms with Gasteiger partial charge < -0.3 is 5.32 Å². The summed E-state index contributed by atoms with van der Waals surface area (Å²) in [6.07, 6.45) is 3.30. The molecule has 2 nitrogen and oxygen atoms in total. The van der Waals surface area contributed by atoms with Crippen molar-refractivity contribution >= 4 is 11.8 Å². The van der Waals surface area contributed by atoms with Crippen molar-refractivity contribution in [2.75, 3.05) is 32.4 Å². The third-order valence-corrected chi connectivity index (χ3v) is 4.74. The van der Waals surface area contributed by atoms with Crippen LogP contribution in [0, 0.1) is 5.92 Å². The molecule has 2 rings (SSSR count). The Morgan fingerprint density at radius 3 is 2.32 bits per heavy atom. The Balaban J connectivity index is 2.02. The Labute approximate surface area is 122 Å². The van der Waals surface area contributed by atoms with Crippen molar-refractivity contribution in [2.24, 2.45) is 5.92 Å². The first-order valence-corrected chi connectivity index (χ1v) is 8.51. The van der Waals surface area contributed by atoms with Crippen LogP contribution in [0.15, 0.2) is 29.2 Å². The minimum absolute atomic E-state index is 0.669. The van der Waals surface area contributed by atoms with Crippen molar-refractivity contribution in [3.05, 3.63) is 29.8 Å². The summed E-state index contributed by atoms with van der Waals surface area (Å²) in [5.74, 6) is 0.707. The number of piperazine rings is 1. The largest absolute Gasteiger partial charge is 0.314 e. The van der Waals surface area contributed by atoms with Gasteiger partial charge in [0, 0.05) is 37.1 Å². The summed E-state index contributed by atoms with van der Waals surface area (Å²) in [4.78, 5) is 4.01. The van der Waals surface area contributed by atoms with Gasteiger partial charge in [0.15, 0.2) is 0 Å². The predicted molar refractivity (Wildman–Crippen MR) is 85.0 cm³/mol. The molecule has 1 aliphatic rings. The molecule has 1 unspecified atom stereocenters. The molecule has 1 fully saturated rings. The lowest BCUT2D eigenvalue weighted by Gasteiger charge is -2.37. The van der Waals surface area contributed by atoms with E-state index in [1.54, 1.807) is 0 Å².